The number of rotatable bonds is 3. The van der Waals surface area contributed by atoms with E-state index in [-0.39, 0.29) is 0 Å². The molecule has 0 N–H and O–H groups in total. The fraction of sp³-hybridized carbons (Fsp3) is 0.0120. The summed E-state index contributed by atoms with van der Waals surface area (Å²) in [5, 5.41) is 18.4. The van der Waals surface area contributed by atoms with E-state index in [2.05, 4.69) is 308 Å². The van der Waals surface area contributed by atoms with Crippen molar-refractivity contribution in [1.29, 1.82) is 0 Å². The van der Waals surface area contributed by atoms with Crippen molar-refractivity contribution >= 4 is 104 Å². The summed E-state index contributed by atoms with van der Waals surface area (Å²) in [4.78, 5) is 2.25. The van der Waals surface area contributed by atoms with Crippen LogP contribution in [0.4, 0.5) is 17.1 Å². The van der Waals surface area contributed by atoms with E-state index in [1.807, 2.05) is 54.6 Å². The van der Waals surface area contributed by atoms with Crippen molar-refractivity contribution in [2.45, 2.75) is 6.42 Å². The Balaban J connectivity index is 0.0000000958. The van der Waals surface area contributed by atoms with Gasteiger partial charge < -0.3 is 9.32 Å². The molecule has 1 aliphatic carbocycles. The lowest BCUT2D eigenvalue weighted by molar-refractivity contribution is 0.669. The first kappa shape index (κ1) is 53.3. The molecule has 0 spiro atoms. The van der Waals surface area contributed by atoms with Crippen molar-refractivity contribution < 1.29 is 4.42 Å². The van der Waals surface area contributed by atoms with Crippen LogP contribution < -0.4 is 4.90 Å². The zero-order valence-electron chi connectivity index (χ0n) is 47.1. The first-order chi connectivity index (χ1) is 42.2. The van der Waals surface area contributed by atoms with Crippen LogP contribution in [0, 0.1) is 0 Å². The summed E-state index contributed by atoms with van der Waals surface area (Å²) in [6.45, 7) is 0. The second-order valence-corrected chi connectivity index (χ2v) is 21.1. The van der Waals surface area contributed by atoms with Crippen LogP contribution in [0.5, 0.6) is 0 Å². The van der Waals surface area contributed by atoms with E-state index in [4.69, 9.17) is 4.42 Å². The molecular formula is C83H61NO. The van der Waals surface area contributed by atoms with Gasteiger partial charge in [-0.25, -0.2) is 0 Å². The van der Waals surface area contributed by atoms with E-state index in [0.29, 0.717) is 0 Å². The van der Waals surface area contributed by atoms with E-state index in [0.717, 1.165) is 17.6 Å². The Hall–Kier alpha value is -11.1. The third kappa shape index (κ3) is 11.9. The molecule has 1 heterocycles. The summed E-state index contributed by atoms with van der Waals surface area (Å²) in [5.41, 5.74) is 11.2. The lowest BCUT2D eigenvalue weighted by Crippen LogP contribution is -2.09. The lowest BCUT2D eigenvalue weighted by Gasteiger charge is -2.25. The van der Waals surface area contributed by atoms with Gasteiger partial charge in [0.05, 0.1) is 0 Å². The molecule has 0 atom stereocenters. The first-order valence-corrected chi connectivity index (χ1v) is 29.1. The monoisotopic (exact) mass is 1090 g/mol. The summed E-state index contributed by atoms with van der Waals surface area (Å²) < 4.78 is 5.65. The summed E-state index contributed by atoms with van der Waals surface area (Å²) in [6, 6.07) is 125. The number of furan rings is 1. The number of hydrogen-bond donors (Lipinski definition) is 0. The molecule has 18 rings (SSSR count). The average Bonchev–Trinajstić information content (AvgIpc) is 4.12. The Kier molecular flexibility index (Phi) is 15.9. The van der Waals surface area contributed by atoms with Gasteiger partial charge >= 0.3 is 0 Å². The van der Waals surface area contributed by atoms with Gasteiger partial charge in [0.2, 0.25) is 0 Å². The predicted octanol–water partition coefficient (Wildman–Crippen LogP) is 23.4. The van der Waals surface area contributed by atoms with Crippen molar-refractivity contribution in [2.24, 2.45) is 0 Å². The van der Waals surface area contributed by atoms with E-state index >= 15 is 0 Å². The topological polar surface area (TPSA) is 16.4 Å². The molecule has 404 valence electrons. The quantitative estimate of drug-likeness (QED) is 0.164. The molecule has 1 aliphatic rings. The molecule has 2 nitrogen and oxygen atoms in total. The molecule has 0 amide bonds. The van der Waals surface area contributed by atoms with Gasteiger partial charge in [-0.05, 0) is 142 Å². The standard InChI is InChI=1S/C18H15N.C16H10.C14H10.C13H10.C12H8O.C10H8/c1-4-10-16(11-5-1)19(17-12-6-2-7-13-17)18-14-8-3-9-15-18;1-3-11-7-9-13-5-2-6-14-10-8-12(4-1)15(11)16(13)14;1-3-7-13-11(5-1)9-10-12-6-2-4-8-14(12)13;1-3-7-12-10(5-1)9-11-6-2-4-8-13(11)12;1-3-7-11-9(5-1)10-6-2-4-8-12(10)13-11;1-2-6-10-8-4-3-7-9(10)5-1/h1-15H;1-10H;1-10H;1-8H,9H2;1-8H;1-8H. The SMILES string of the molecule is c1cc2ccc3cccc4ccc(c1)c2c34.c1ccc(N(c2ccccc2)c2ccccc2)cc1.c1ccc2c(c1)Cc1ccccc1-2.c1ccc2c(c1)ccc1ccccc12.c1ccc2c(c1)oc1ccccc12.c1ccc2ccccc2c1. The molecule has 2 heteroatoms. The van der Waals surface area contributed by atoms with Gasteiger partial charge in [0, 0.05) is 27.8 Å². The van der Waals surface area contributed by atoms with E-state index < -0.39 is 0 Å². The molecule has 0 unspecified atom stereocenters. The number of para-hydroxylation sites is 5. The van der Waals surface area contributed by atoms with Crippen LogP contribution in [-0.2, 0) is 6.42 Å². The maximum absolute atomic E-state index is 5.65. The molecule has 0 fully saturated rings. The zero-order chi connectivity index (χ0) is 57.0. The Morgan fingerprint density at radius 1 is 0.200 bits per heavy atom. The summed E-state index contributed by atoms with van der Waals surface area (Å²) in [7, 11) is 0. The van der Waals surface area contributed by atoms with Crippen molar-refractivity contribution in [3.05, 3.63) is 369 Å². The van der Waals surface area contributed by atoms with E-state index in [1.54, 1.807) is 0 Å². The zero-order valence-corrected chi connectivity index (χ0v) is 47.1. The summed E-state index contributed by atoms with van der Waals surface area (Å²) >= 11 is 0. The Morgan fingerprint density at radius 2 is 0.471 bits per heavy atom. The second kappa shape index (κ2) is 25.4. The Morgan fingerprint density at radius 3 is 0.847 bits per heavy atom. The predicted molar refractivity (Wildman–Crippen MR) is 365 cm³/mol. The minimum Gasteiger partial charge on any atom is -0.456 e. The lowest BCUT2D eigenvalue weighted by atomic mass is 9.95. The fourth-order valence-electron chi connectivity index (χ4n) is 11.7. The van der Waals surface area contributed by atoms with Crippen molar-refractivity contribution in [2.75, 3.05) is 4.90 Å². The third-order valence-electron chi connectivity index (χ3n) is 15.7. The number of benzene rings is 16. The van der Waals surface area contributed by atoms with Gasteiger partial charge in [-0.1, -0.05) is 309 Å². The smallest absolute Gasteiger partial charge is 0.135 e. The average molecular weight is 1090 g/mol. The molecule has 0 saturated carbocycles. The van der Waals surface area contributed by atoms with Crippen molar-refractivity contribution in [3.63, 3.8) is 0 Å². The highest BCUT2D eigenvalue weighted by molar-refractivity contribution is 6.23. The van der Waals surface area contributed by atoms with Crippen LogP contribution in [-0.4, -0.2) is 0 Å². The molecule has 0 radical (unpaired) electrons. The first-order valence-electron chi connectivity index (χ1n) is 29.1. The Labute approximate surface area is 496 Å². The van der Waals surface area contributed by atoms with E-state index in [9.17, 15) is 0 Å². The van der Waals surface area contributed by atoms with Gasteiger partial charge in [0.1, 0.15) is 11.2 Å². The van der Waals surface area contributed by atoms with Crippen molar-refractivity contribution in [1.82, 2.24) is 0 Å². The van der Waals surface area contributed by atoms with Crippen LogP contribution in [0.1, 0.15) is 11.1 Å². The van der Waals surface area contributed by atoms with Gasteiger partial charge in [-0.15, -0.1) is 0 Å². The highest BCUT2D eigenvalue weighted by atomic mass is 16.3. The largest absolute Gasteiger partial charge is 0.456 e. The summed E-state index contributed by atoms with van der Waals surface area (Å²) in [5.74, 6) is 0. The minimum absolute atomic E-state index is 0.962. The van der Waals surface area contributed by atoms with Gasteiger partial charge in [0.15, 0.2) is 0 Å². The van der Waals surface area contributed by atoms with Crippen molar-refractivity contribution in [3.8, 4) is 11.1 Å². The van der Waals surface area contributed by atoms with Gasteiger partial charge in [0.25, 0.3) is 0 Å². The maximum atomic E-state index is 5.65. The highest BCUT2D eigenvalue weighted by Gasteiger charge is 2.16. The molecule has 1 aromatic heterocycles. The second-order valence-electron chi connectivity index (χ2n) is 21.1. The van der Waals surface area contributed by atoms with Crippen LogP contribution in [0.15, 0.2) is 362 Å². The normalized spacial score (nSPS) is 11.0. The molecule has 85 heavy (non-hydrogen) atoms. The highest BCUT2D eigenvalue weighted by Crippen LogP contribution is 2.37. The van der Waals surface area contributed by atoms with Crippen LogP contribution in [0.25, 0.3) is 97.7 Å². The number of fused-ring (bicyclic) bond motifs is 10. The molecule has 17 aromatic rings. The van der Waals surface area contributed by atoms with Gasteiger partial charge in [-0.2, -0.15) is 0 Å². The molecule has 0 bridgehead atoms. The number of nitrogens with zero attached hydrogens (tertiary/aromatic N) is 1. The minimum atomic E-state index is 0.962. The number of hydrogen-bond acceptors (Lipinski definition) is 2. The van der Waals surface area contributed by atoms with Gasteiger partial charge in [-0.3, -0.25) is 0 Å². The maximum Gasteiger partial charge on any atom is 0.135 e. The Bertz CT molecular complexity index is 4550. The van der Waals surface area contributed by atoms with Crippen LogP contribution in [0.2, 0.25) is 0 Å². The van der Waals surface area contributed by atoms with E-state index in [1.165, 1.54) is 115 Å². The molecule has 0 aliphatic heterocycles. The molecular weight excluding hydrogens is 1030 g/mol. The third-order valence-corrected chi connectivity index (χ3v) is 15.7. The fourth-order valence-corrected chi connectivity index (χ4v) is 11.7. The number of anilines is 3. The molecule has 0 saturated heterocycles. The van der Waals surface area contributed by atoms with Crippen LogP contribution in [0.3, 0.4) is 0 Å². The van der Waals surface area contributed by atoms with Crippen LogP contribution >= 0.6 is 0 Å². The summed E-state index contributed by atoms with van der Waals surface area (Å²) in [6.07, 6.45) is 1.10. The molecule has 16 aromatic carbocycles.